The van der Waals surface area contributed by atoms with Gasteiger partial charge in [0.2, 0.25) is 5.78 Å². The molecule has 5 nitrogen and oxygen atoms in total. The number of aliphatic hydroxyl groups excluding tert-OH is 2. The minimum Gasteiger partial charge on any atom is -0.509 e. The molecular formula is C24H21ClN2O3S. The van der Waals surface area contributed by atoms with Crippen LogP contribution in [0.2, 0.25) is 5.02 Å². The molecule has 2 aromatic rings. The van der Waals surface area contributed by atoms with Gasteiger partial charge in [0.15, 0.2) is 0 Å². The first-order valence-corrected chi connectivity index (χ1v) is 11.8. The summed E-state index contributed by atoms with van der Waals surface area (Å²) in [5, 5.41) is 25.8. The highest BCUT2D eigenvalue weighted by Gasteiger charge is 2.57. The van der Waals surface area contributed by atoms with Gasteiger partial charge in [-0.25, -0.2) is 5.01 Å². The van der Waals surface area contributed by atoms with Gasteiger partial charge < -0.3 is 10.2 Å². The number of rotatable bonds is 1. The van der Waals surface area contributed by atoms with Crippen LogP contribution in [0, 0.1) is 5.41 Å². The molecule has 2 aromatic carbocycles. The largest absolute Gasteiger partial charge is 0.509 e. The van der Waals surface area contributed by atoms with E-state index in [1.807, 2.05) is 24.3 Å². The standard InChI is InChI=1S/C24H21ClN2O3S/c25-17-7-3-6-16-19(15-5-2-1-4-14(15)12-31-22(16)17)27-13-24(9-10-24)23(30)20-21(29)18(28)8-11-26(20)27/h1-8,11,18-19,28,30H,9-10,12-13H2. The zero-order chi connectivity index (χ0) is 21.3. The van der Waals surface area contributed by atoms with E-state index >= 15 is 0 Å². The Morgan fingerprint density at radius 2 is 1.87 bits per heavy atom. The van der Waals surface area contributed by atoms with Gasteiger partial charge in [-0.2, -0.15) is 0 Å². The Kier molecular flexibility index (Phi) is 4.31. The van der Waals surface area contributed by atoms with E-state index in [4.69, 9.17) is 11.6 Å². The lowest BCUT2D eigenvalue weighted by Gasteiger charge is -2.48. The first-order valence-electron chi connectivity index (χ1n) is 10.4. The van der Waals surface area contributed by atoms with E-state index in [-0.39, 0.29) is 17.5 Å². The van der Waals surface area contributed by atoms with Gasteiger partial charge in [-0.3, -0.25) is 9.80 Å². The van der Waals surface area contributed by atoms with Crippen LogP contribution in [0.3, 0.4) is 0 Å². The maximum absolute atomic E-state index is 12.9. The highest BCUT2D eigenvalue weighted by atomic mass is 35.5. The normalized spacial score (nSPS) is 26.4. The van der Waals surface area contributed by atoms with Crippen molar-refractivity contribution in [3.63, 3.8) is 0 Å². The lowest BCUT2D eigenvalue weighted by molar-refractivity contribution is -0.129. The molecule has 0 saturated heterocycles. The third-order valence-electron chi connectivity index (χ3n) is 6.77. The summed E-state index contributed by atoms with van der Waals surface area (Å²) >= 11 is 8.36. The molecule has 4 aliphatic rings. The van der Waals surface area contributed by atoms with Crippen LogP contribution >= 0.6 is 23.4 Å². The fourth-order valence-electron chi connectivity index (χ4n) is 4.96. The summed E-state index contributed by atoms with van der Waals surface area (Å²) in [7, 11) is 0. The number of benzene rings is 2. The number of nitrogens with zero attached hydrogens (tertiary/aromatic N) is 2. The van der Waals surface area contributed by atoms with Crippen LogP contribution in [-0.2, 0) is 10.5 Å². The van der Waals surface area contributed by atoms with Crippen molar-refractivity contribution >= 4 is 29.1 Å². The number of carbonyl (C=O) groups excluding carboxylic acids is 1. The van der Waals surface area contributed by atoms with Crippen LogP contribution in [0.25, 0.3) is 0 Å². The fraction of sp³-hybridized carbons (Fsp3) is 0.292. The second-order valence-electron chi connectivity index (χ2n) is 8.62. The number of ketones is 1. The molecule has 1 fully saturated rings. The van der Waals surface area contributed by atoms with Gasteiger partial charge >= 0.3 is 0 Å². The highest BCUT2D eigenvalue weighted by molar-refractivity contribution is 7.98. The molecule has 3 heterocycles. The number of fused-ring (bicyclic) bond motifs is 3. The number of halogens is 1. The predicted octanol–water partition coefficient (Wildman–Crippen LogP) is 4.57. The third-order valence-corrected chi connectivity index (χ3v) is 8.40. The first-order chi connectivity index (χ1) is 15.0. The van der Waals surface area contributed by atoms with Crippen LogP contribution in [0.1, 0.15) is 35.6 Å². The van der Waals surface area contributed by atoms with Gasteiger partial charge in [0, 0.05) is 28.8 Å². The Bertz CT molecular complexity index is 1170. The lowest BCUT2D eigenvalue weighted by atomic mass is 9.90. The minimum absolute atomic E-state index is 0.111. The summed E-state index contributed by atoms with van der Waals surface area (Å²) in [6.07, 6.45) is 3.60. The molecule has 0 amide bonds. The molecule has 2 unspecified atom stereocenters. The van der Waals surface area contributed by atoms with Gasteiger partial charge in [0.05, 0.1) is 11.1 Å². The topological polar surface area (TPSA) is 64.0 Å². The third kappa shape index (κ3) is 2.82. The Morgan fingerprint density at radius 3 is 2.68 bits per heavy atom. The first kappa shape index (κ1) is 19.4. The zero-order valence-electron chi connectivity index (χ0n) is 16.7. The molecule has 2 N–H and O–H groups in total. The maximum Gasteiger partial charge on any atom is 0.216 e. The van der Waals surface area contributed by atoms with E-state index in [0.29, 0.717) is 6.54 Å². The number of thioether (sulfide) groups is 1. The van der Waals surface area contributed by atoms with Gasteiger partial charge in [-0.15, -0.1) is 11.8 Å². The van der Waals surface area contributed by atoms with Crippen LogP contribution in [0.15, 0.2) is 71.1 Å². The summed E-state index contributed by atoms with van der Waals surface area (Å²) in [5.41, 5.74) is 3.24. The fourth-order valence-corrected chi connectivity index (χ4v) is 6.42. The highest BCUT2D eigenvalue weighted by Crippen LogP contribution is 2.58. The lowest BCUT2D eigenvalue weighted by Crippen LogP contribution is -2.53. The van der Waals surface area contributed by atoms with Crippen LogP contribution < -0.4 is 0 Å². The Morgan fingerprint density at radius 1 is 1.10 bits per heavy atom. The molecule has 0 aromatic heterocycles. The molecule has 0 bridgehead atoms. The van der Waals surface area contributed by atoms with E-state index in [0.717, 1.165) is 34.1 Å². The van der Waals surface area contributed by atoms with Crippen molar-refractivity contribution in [3.8, 4) is 0 Å². The van der Waals surface area contributed by atoms with Crippen LogP contribution in [-0.4, -0.2) is 38.7 Å². The van der Waals surface area contributed by atoms with Gasteiger partial charge in [0.1, 0.15) is 17.6 Å². The van der Waals surface area contributed by atoms with Crippen LogP contribution in [0.4, 0.5) is 0 Å². The van der Waals surface area contributed by atoms with Crippen molar-refractivity contribution < 1.29 is 15.0 Å². The smallest absolute Gasteiger partial charge is 0.216 e. The molecule has 1 spiro atoms. The number of hydrogen-bond donors (Lipinski definition) is 2. The Balaban J connectivity index is 1.59. The average molecular weight is 453 g/mol. The molecule has 2 atom stereocenters. The Labute approximate surface area is 189 Å². The molecule has 6 rings (SSSR count). The number of carbonyl (C=O) groups is 1. The van der Waals surface area contributed by atoms with Gasteiger partial charge in [-0.05, 0) is 41.7 Å². The molecule has 3 aliphatic heterocycles. The summed E-state index contributed by atoms with van der Waals surface area (Å²) in [4.78, 5) is 14.0. The van der Waals surface area contributed by atoms with Crippen molar-refractivity contribution in [1.82, 2.24) is 10.0 Å². The summed E-state index contributed by atoms with van der Waals surface area (Å²) in [6.45, 7) is 0.589. The van der Waals surface area contributed by atoms with E-state index < -0.39 is 17.3 Å². The van der Waals surface area contributed by atoms with E-state index in [9.17, 15) is 15.0 Å². The molecule has 0 radical (unpaired) electrons. The molecule has 31 heavy (non-hydrogen) atoms. The average Bonchev–Trinajstić information content (AvgIpc) is 3.56. The van der Waals surface area contributed by atoms with Crippen molar-refractivity contribution in [2.75, 3.05) is 6.54 Å². The predicted molar refractivity (Wildman–Crippen MR) is 119 cm³/mol. The SMILES string of the molecule is O=C1C2=C(O)C3(CC3)CN(C3c4ccccc4CSc4c(Cl)cccc43)N2C=CC1O. The second-order valence-corrected chi connectivity index (χ2v) is 10.0. The minimum atomic E-state index is -1.23. The number of hydrazine groups is 1. The van der Waals surface area contributed by atoms with Crippen molar-refractivity contribution in [2.24, 2.45) is 5.41 Å². The van der Waals surface area contributed by atoms with Crippen molar-refractivity contribution in [1.29, 1.82) is 0 Å². The summed E-state index contributed by atoms with van der Waals surface area (Å²) < 4.78 is 0. The van der Waals surface area contributed by atoms with Gasteiger partial charge in [-0.1, -0.05) is 48.0 Å². The van der Waals surface area contributed by atoms with Gasteiger partial charge in [0.25, 0.3) is 0 Å². The summed E-state index contributed by atoms with van der Waals surface area (Å²) in [6, 6.07) is 14.2. The summed E-state index contributed by atoms with van der Waals surface area (Å²) in [5.74, 6) is 0.461. The second kappa shape index (κ2) is 6.87. The monoisotopic (exact) mass is 452 g/mol. The molecule has 1 saturated carbocycles. The maximum atomic E-state index is 12.9. The van der Waals surface area contributed by atoms with Crippen LogP contribution in [0.5, 0.6) is 0 Å². The quantitative estimate of drug-likeness (QED) is 0.660. The van der Waals surface area contributed by atoms with E-state index in [1.165, 1.54) is 17.2 Å². The molecule has 7 heteroatoms. The zero-order valence-corrected chi connectivity index (χ0v) is 18.2. The van der Waals surface area contributed by atoms with E-state index in [1.54, 1.807) is 23.0 Å². The van der Waals surface area contributed by atoms with Crippen molar-refractivity contribution in [3.05, 3.63) is 87.9 Å². The Hall–Kier alpha value is -2.25. The number of hydrogen-bond acceptors (Lipinski definition) is 6. The van der Waals surface area contributed by atoms with E-state index in [2.05, 4.69) is 23.2 Å². The van der Waals surface area contributed by atoms with Crippen molar-refractivity contribution in [2.45, 2.75) is 35.6 Å². The molecular weight excluding hydrogens is 432 g/mol. The molecule has 1 aliphatic carbocycles. The number of aliphatic hydroxyl groups is 2. The number of Topliss-reactive ketones (excluding diaryl/α,β-unsaturated/α-hetero) is 1. The molecule has 158 valence electrons.